The van der Waals surface area contributed by atoms with Gasteiger partial charge in [-0.05, 0) is 12.8 Å². The lowest BCUT2D eigenvalue weighted by Gasteiger charge is -2.27. The van der Waals surface area contributed by atoms with Crippen molar-refractivity contribution in [2.24, 2.45) is 7.05 Å². The van der Waals surface area contributed by atoms with Gasteiger partial charge in [-0.3, -0.25) is 9.48 Å². The summed E-state index contributed by atoms with van der Waals surface area (Å²) in [6.07, 6.45) is 5.16. The lowest BCUT2D eigenvalue weighted by molar-refractivity contribution is -0.129. The topological polar surface area (TPSA) is 67.2 Å². The average molecular weight is 274 g/mol. The van der Waals surface area contributed by atoms with Crippen molar-refractivity contribution >= 4 is 22.8 Å². The average Bonchev–Trinajstić information content (AvgIpc) is 3.05. The Morgan fingerprint density at radius 2 is 2.20 bits per heavy atom. The van der Waals surface area contributed by atoms with Crippen LogP contribution in [0.15, 0.2) is 12.5 Å². The molecule has 3 heterocycles. The number of amides is 1. The summed E-state index contributed by atoms with van der Waals surface area (Å²) in [5, 5.41) is 5.12. The van der Waals surface area contributed by atoms with Gasteiger partial charge < -0.3 is 9.80 Å². The van der Waals surface area contributed by atoms with Crippen molar-refractivity contribution in [1.82, 2.24) is 24.6 Å². The van der Waals surface area contributed by atoms with E-state index in [-0.39, 0.29) is 11.9 Å². The van der Waals surface area contributed by atoms with Gasteiger partial charge in [0.1, 0.15) is 18.2 Å². The molecule has 0 bridgehead atoms. The number of fused-ring (bicyclic) bond motifs is 1. The Balaban J connectivity index is 2.04. The smallest absolute Gasteiger partial charge is 0.244 e. The molecule has 0 saturated carbocycles. The first-order valence-corrected chi connectivity index (χ1v) is 6.70. The predicted molar refractivity (Wildman–Crippen MR) is 75.4 cm³/mol. The maximum atomic E-state index is 12.3. The first-order valence-electron chi connectivity index (χ1n) is 6.70. The normalized spacial score (nSPS) is 18.8. The zero-order valence-electron chi connectivity index (χ0n) is 11.9. The zero-order valence-corrected chi connectivity index (χ0v) is 11.9. The summed E-state index contributed by atoms with van der Waals surface area (Å²) < 4.78 is 1.72. The van der Waals surface area contributed by atoms with Crippen LogP contribution in [-0.2, 0) is 11.8 Å². The maximum absolute atomic E-state index is 12.3. The SMILES string of the molecule is CN(C)C(=O)[C@@H]1CCCN1c1ncnc2c1cnn2C. The van der Waals surface area contributed by atoms with Gasteiger partial charge in [0, 0.05) is 27.7 Å². The molecule has 1 saturated heterocycles. The van der Waals surface area contributed by atoms with E-state index in [1.54, 1.807) is 29.9 Å². The molecule has 1 amide bonds. The molecule has 1 fully saturated rings. The number of hydrogen-bond donors (Lipinski definition) is 0. The summed E-state index contributed by atoms with van der Waals surface area (Å²) in [6, 6.07) is -0.136. The molecule has 0 spiro atoms. The van der Waals surface area contributed by atoms with Crippen LogP contribution in [0.5, 0.6) is 0 Å². The largest absolute Gasteiger partial charge is 0.347 e. The predicted octanol–water partition coefficient (Wildman–Crippen LogP) is 0.420. The van der Waals surface area contributed by atoms with Crippen molar-refractivity contribution in [3.8, 4) is 0 Å². The van der Waals surface area contributed by atoms with Crippen LogP contribution in [-0.4, -0.2) is 57.2 Å². The van der Waals surface area contributed by atoms with Crippen LogP contribution in [0, 0.1) is 0 Å². The van der Waals surface area contributed by atoms with Gasteiger partial charge in [-0.1, -0.05) is 0 Å². The van der Waals surface area contributed by atoms with E-state index in [4.69, 9.17) is 0 Å². The van der Waals surface area contributed by atoms with Gasteiger partial charge in [0.2, 0.25) is 5.91 Å². The van der Waals surface area contributed by atoms with Crippen LogP contribution < -0.4 is 4.90 Å². The quantitative estimate of drug-likeness (QED) is 0.794. The Kier molecular flexibility index (Phi) is 3.04. The molecule has 1 aliphatic heterocycles. The van der Waals surface area contributed by atoms with E-state index >= 15 is 0 Å². The highest BCUT2D eigenvalue weighted by Crippen LogP contribution is 2.29. The van der Waals surface area contributed by atoms with Crippen molar-refractivity contribution in [2.45, 2.75) is 18.9 Å². The molecular weight excluding hydrogens is 256 g/mol. The van der Waals surface area contributed by atoms with Gasteiger partial charge >= 0.3 is 0 Å². The van der Waals surface area contributed by atoms with Gasteiger partial charge in [0.05, 0.1) is 11.6 Å². The fraction of sp³-hybridized carbons (Fsp3) is 0.538. The fourth-order valence-electron chi connectivity index (χ4n) is 2.75. The highest BCUT2D eigenvalue weighted by Gasteiger charge is 2.33. The van der Waals surface area contributed by atoms with Gasteiger partial charge in [-0.25, -0.2) is 9.97 Å². The molecule has 106 valence electrons. The number of likely N-dealkylation sites (N-methyl/N-ethyl adjacent to an activating group) is 1. The first kappa shape index (κ1) is 12.8. The van der Waals surface area contributed by atoms with E-state index in [1.165, 1.54) is 6.33 Å². The van der Waals surface area contributed by atoms with Crippen molar-refractivity contribution in [3.05, 3.63) is 12.5 Å². The summed E-state index contributed by atoms with van der Waals surface area (Å²) in [4.78, 5) is 24.6. The molecule has 7 heteroatoms. The van der Waals surface area contributed by atoms with E-state index < -0.39 is 0 Å². The van der Waals surface area contributed by atoms with Crippen LogP contribution in [0.2, 0.25) is 0 Å². The summed E-state index contributed by atoms with van der Waals surface area (Å²) in [5.41, 5.74) is 0.790. The molecule has 3 rings (SSSR count). The minimum absolute atomic E-state index is 0.123. The third kappa shape index (κ3) is 1.90. The Morgan fingerprint density at radius 1 is 1.40 bits per heavy atom. The minimum Gasteiger partial charge on any atom is -0.347 e. The van der Waals surface area contributed by atoms with E-state index in [1.807, 2.05) is 7.05 Å². The number of nitrogens with zero attached hydrogens (tertiary/aromatic N) is 6. The number of rotatable bonds is 2. The highest BCUT2D eigenvalue weighted by molar-refractivity contribution is 5.91. The lowest BCUT2D eigenvalue weighted by atomic mass is 10.2. The second kappa shape index (κ2) is 4.73. The molecule has 0 unspecified atom stereocenters. The van der Waals surface area contributed by atoms with Crippen LogP contribution in [0.1, 0.15) is 12.8 Å². The molecule has 2 aromatic heterocycles. The van der Waals surface area contributed by atoms with E-state index in [0.29, 0.717) is 0 Å². The molecule has 0 aromatic carbocycles. The minimum atomic E-state index is -0.136. The van der Waals surface area contributed by atoms with Gasteiger partial charge in [-0.15, -0.1) is 0 Å². The van der Waals surface area contributed by atoms with E-state index in [2.05, 4.69) is 20.0 Å². The second-order valence-electron chi connectivity index (χ2n) is 5.29. The number of anilines is 1. The summed E-state index contributed by atoms with van der Waals surface area (Å²) in [7, 11) is 5.43. The van der Waals surface area contributed by atoms with Crippen molar-refractivity contribution in [3.63, 3.8) is 0 Å². The standard InChI is InChI=1S/C13H18N6O/c1-17(2)13(20)10-5-4-6-19(10)12-9-7-16-18(3)11(9)14-8-15-12/h7-8,10H,4-6H2,1-3H3/t10-/m0/s1. The number of carbonyl (C=O) groups is 1. The lowest BCUT2D eigenvalue weighted by Crippen LogP contribution is -2.43. The second-order valence-corrected chi connectivity index (χ2v) is 5.29. The molecule has 20 heavy (non-hydrogen) atoms. The third-order valence-corrected chi connectivity index (χ3v) is 3.76. The molecule has 2 aromatic rings. The number of aromatic nitrogens is 4. The Morgan fingerprint density at radius 3 is 2.95 bits per heavy atom. The highest BCUT2D eigenvalue weighted by atomic mass is 16.2. The van der Waals surface area contributed by atoms with Gasteiger partial charge in [-0.2, -0.15) is 5.10 Å². The molecule has 0 N–H and O–H groups in total. The number of carbonyl (C=O) groups excluding carboxylic acids is 1. The summed E-state index contributed by atoms with van der Waals surface area (Å²) >= 11 is 0. The molecule has 0 aliphatic carbocycles. The molecule has 0 radical (unpaired) electrons. The van der Waals surface area contributed by atoms with Crippen LogP contribution in [0.3, 0.4) is 0 Å². The van der Waals surface area contributed by atoms with Crippen molar-refractivity contribution in [2.75, 3.05) is 25.5 Å². The molecule has 1 atom stereocenters. The Labute approximate surface area is 117 Å². The third-order valence-electron chi connectivity index (χ3n) is 3.76. The first-order chi connectivity index (χ1) is 9.59. The van der Waals surface area contributed by atoms with Crippen molar-refractivity contribution in [1.29, 1.82) is 0 Å². The summed E-state index contributed by atoms with van der Waals surface area (Å²) in [5.74, 6) is 0.930. The Hall–Kier alpha value is -2.18. The van der Waals surface area contributed by atoms with Crippen LogP contribution in [0.25, 0.3) is 11.0 Å². The zero-order chi connectivity index (χ0) is 14.3. The monoisotopic (exact) mass is 274 g/mol. The van der Waals surface area contributed by atoms with Gasteiger partial charge in [0.25, 0.3) is 0 Å². The van der Waals surface area contributed by atoms with Crippen LogP contribution >= 0.6 is 0 Å². The van der Waals surface area contributed by atoms with Crippen molar-refractivity contribution < 1.29 is 4.79 Å². The maximum Gasteiger partial charge on any atom is 0.244 e. The molecule has 1 aliphatic rings. The number of aryl methyl sites for hydroxylation is 1. The Bertz CT molecular complexity index is 649. The number of hydrogen-bond acceptors (Lipinski definition) is 5. The summed E-state index contributed by atoms with van der Waals surface area (Å²) in [6.45, 7) is 0.839. The fourth-order valence-corrected chi connectivity index (χ4v) is 2.75. The van der Waals surface area contributed by atoms with Crippen LogP contribution in [0.4, 0.5) is 5.82 Å². The van der Waals surface area contributed by atoms with E-state index in [9.17, 15) is 4.79 Å². The molecule has 7 nitrogen and oxygen atoms in total. The van der Waals surface area contributed by atoms with Gasteiger partial charge in [0.15, 0.2) is 5.65 Å². The van der Waals surface area contributed by atoms with E-state index in [0.717, 1.165) is 36.2 Å². The molecular formula is C13H18N6O.